The van der Waals surface area contributed by atoms with E-state index in [1.54, 1.807) is 24.3 Å². The Morgan fingerprint density at radius 1 is 0.778 bits per heavy atom. The normalized spacial score (nSPS) is 18.4. The third-order valence-electron chi connectivity index (χ3n) is 7.52. The average molecular weight is 495 g/mol. The lowest BCUT2D eigenvalue weighted by Crippen LogP contribution is -2.20. The second-order valence-corrected chi connectivity index (χ2v) is 10.6. The molecule has 2 aromatic carbocycles. The van der Waals surface area contributed by atoms with Crippen LogP contribution < -0.4 is 14.2 Å². The first-order valence-electron chi connectivity index (χ1n) is 14.2. The Labute approximate surface area is 218 Å². The molecule has 0 unspecified atom stereocenters. The zero-order valence-electron chi connectivity index (χ0n) is 22.7. The molecule has 1 saturated carbocycles. The molecule has 3 rings (SSSR count). The van der Waals surface area contributed by atoms with Crippen molar-refractivity contribution >= 4 is 5.97 Å². The van der Waals surface area contributed by atoms with Crippen molar-refractivity contribution in [3.8, 4) is 17.2 Å². The Morgan fingerprint density at radius 2 is 1.36 bits per heavy atom. The van der Waals surface area contributed by atoms with E-state index in [-0.39, 0.29) is 5.97 Å². The zero-order chi connectivity index (χ0) is 25.6. The number of unbranched alkanes of at least 4 members (excludes halogenated alkanes) is 4. The number of hydrogen-bond acceptors (Lipinski definition) is 4. The summed E-state index contributed by atoms with van der Waals surface area (Å²) in [6, 6.07) is 14.5. The van der Waals surface area contributed by atoms with Crippen LogP contribution in [-0.2, 0) is 0 Å². The highest BCUT2D eigenvalue weighted by atomic mass is 16.5. The fraction of sp³-hybridized carbons (Fsp3) is 0.594. The summed E-state index contributed by atoms with van der Waals surface area (Å²) in [6.07, 6.45) is 14.7. The van der Waals surface area contributed by atoms with Crippen LogP contribution in [0.3, 0.4) is 0 Å². The van der Waals surface area contributed by atoms with Gasteiger partial charge in [-0.05, 0) is 79.1 Å². The number of benzene rings is 2. The van der Waals surface area contributed by atoms with Gasteiger partial charge in [-0.15, -0.1) is 0 Å². The van der Waals surface area contributed by atoms with E-state index in [9.17, 15) is 4.79 Å². The van der Waals surface area contributed by atoms with Crippen LogP contribution in [0.4, 0.5) is 0 Å². The molecule has 36 heavy (non-hydrogen) atoms. The first kappa shape index (κ1) is 28.1. The number of hydrogen-bond donors (Lipinski definition) is 0. The molecule has 0 N–H and O–H groups in total. The Balaban J connectivity index is 1.34. The van der Waals surface area contributed by atoms with Crippen molar-refractivity contribution in [3.05, 3.63) is 54.1 Å². The Morgan fingerprint density at radius 3 is 2.03 bits per heavy atom. The number of carbonyl (C=O) groups excluding carboxylic acids is 1. The van der Waals surface area contributed by atoms with Gasteiger partial charge < -0.3 is 14.2 Å². The molecular weight excluding hydrogens is 448 g/mol. The largest absolute Gasteiger partial charge is 0.493 e. The summed E-state index contributed by atoms with van der Waals surface area (Å²) in [5, 5.41) is 0. The lowest BCUT2D eigenvalue weighted by Gasteiger charge is -2.28. The van der Waals surface area contributed by atoms with Crippen LogP contribution in [0.2, 0.25) is 0 Å². The molecule has 0 bridgehead atoms. The predicted octanol–water partition coefficient (Wildman–Crippen LogP) is 8.88. The molecule has 198 valence electrons. The molecule has 0 radical (unpaired) electrons. The minimum atomic E-state index is -0.376. The molecule has 2 aromatic rings. The van der Waals surface area contributed by atoms with Crippen molar-refractivity contribution in [2.45, 2.75) is 91.4 Å². The molecule has 1 atom stereocenters. The Hall–Kier alpha value is -2.49. The molecule has 0 heterocycles. The second-order valence-electron chi connectivity index (χ2n) is 10.6. The molecule has 0 saturated heterocycles. The lowest BCUT2D eigenvalue weighted by molar-refractivity contribution is 0.0734. The highest BCUT2D eigenvalue weighted by Crippen LogP contribution is 2.32. The SMILES string of the molecule is CCCCCCCC1CCC(COc2ccc(OC(=O)c3ccc(OC[C@@H](C)CC)cc3)cc2)CC1. The monoisotopic (exact) mass is 494 g/mol. The second kappa shape index (κ2) is 15.6. The fourth-order valence-corrected chi connectivity index (χ4v) is 4.75. The molecule has 1 aliphatic rings. The maximum atomic E-state index is 12.5. The molecule has 0 spiro atoms. The van der Waals surface area contributed by atoms with Gasteiger partial charge in [0.05, 0.1) is 18.8 Å². The summed E-state index contributed by atoms with van der Waals surface area (Å²) < 4.78 is 17.4. The van der Waals surface area contributed by atoms with Crippen LogP contribution in [0.15, 0.2) is 48.5 Å². The van der Waals surface area contributed by atoms with Crippen molar-refractivity contribution in [1.29, 1.82) is 0 Å². The van der Waals surface area contributed by atoms with Crippen LogP contribution in [0.1, 0.15) is 102 Å². The minimum Gasteiger partial charge on any atom is -0.493 e. The summed E-state index contributed by atoms with van der Waals surface area (Å²) in [7, 11) is 0. The average Bonchev–Trinajstić information content (AvgIpc) is 2.92. The van der Waals surface area contributed by atoms with Gasteiger partial charge >= 0.3 is 5.97 Å². The number of ether oxygens (including phenoxy) is 3. The smallest absolute Gasteiger partial charge is 0.343 e. The van der Waals surface area contributed by atoms with Gasteiger partial charge in [0.15, 0.2) is 0 Å². The van der Waals surface area contributed by atoms with Gasteiger partial charge in [-0.2, -0.15) is 0 Å². The van der Waals surface area contributed by atoms with Crippen molar-refractivity contribution in [2.75, 3.05) is 13.2 Å². The summed E-state index contributed by atoms with van der Waals surface area (Å²) >= 11 is 0. The third-order valence-corrected chi connectivity index (χ3v) is 7.52. The Kier molecular flexibility index (Phi) is 12.2. The summed E-state index contributed by atoms with van der Waals surface area (Å²) in [6.45, 7) is 8.03. The third kappa shape index (κ3) is 9.87. The Bertz CT molecular complexity index is 866. The molecular formula is C32H46O4. The van der Waals surface area contributed by atoms with E-state index in [1.807, 2.05) is 24.3 Å². The maximum Gasteiger partial charge on any atom is 0.343 e. The van der Waals surface area contributed by atoms with Gasteiger partial charge in [-0.3, -0.25) is 0 Å². The van der Waals surface area contributed by atoms with E-state index in [0.717, 1.165) is 30.4 Å². The van der Waals surface area contributed by atoms with E-state index < -0.39 is 0 Å². The van der Waals surface area contributed by atoms with E-state index in [2.05, 4.69) is 20.8 Å². The summed E-state index contributed by atoms with van der Waals surface area (Å²) in [5.41, 5.74) is 0.503. The van der Waals surface area contributed by atoms with Crippen LogP contribution in [0, 0.1) is 17.8 Å². The molecule has 0 aromatic heterocycles. The van der Waals surface area contributed by atoms with Crippen LogP contribution in [0.25, 0.3) is 0 Å². The van der Waals surface area contributed by atoms with E-state index in [0.29, 0.717) is 29.8 Å². The van der Waals surface area contributed by atoms with Gasteiger partial charge in [0.2, 0.25) is 0 Å². The summed E-state index contributed by atoms with van der Waals surface area (Å²) in [4.78, 5) is 12.5. The fourth-order valence-electron chi connectivity index (χ4n) is 4.75. The number of rotatable bonds is 15. The molecule has 1 aliphatic carbocycles. The number of carbonyl (C=O) groups is 1. The minimum absolute atomic E-state index is 0.376. The van der Waals surface area contributed by atoms with Gasteiger partial charge in [0.25, 0.3) is 0 Å². The van der Waals surface area contributed by atoms with Crippen molar-refractivity contribution in [3.63, 3.8) is 0 Å². The predicted molar refractivity (Wildman–Crippen MR) is 147 cm³/mol. The van der Waals surface area contributed by atoms with Gasteiger partial charge in [0.1, 0.15) is 17.2 Å². The molecule has 0 amide bonds. The molecule has 4 heteroatoms. The number of esters is 1. The maximum absolute atomic E-state index is 12.5. The highest BCUT2D eigenvalue weighted by molar-refractivity contribution is 5.91. The van der Waals surface area contributed by atoms with Crippen molar-refractivity contribution in [2.24, 2.45) is 17.8 Å². The van der Waals surface area contributed by atoms with Gasteiger partial charge in [-0.1, -0.05) is 78.6 Å². The summed E-state index contributed by atoms with van der Waals surface area (Å²) in [5.74, 6) is 3.82. The van der Waals surface area contributed by atoms with E-state index >= 15 is 0 Å². The standard InChI is InChI=1S/C32H46O4/c1-4-6-7-8-9-10-26-11-13-27(14-12-26)24-35-30-19-21-31(22-20-30)36-32(33)28-15-17-29(18-16-28)34-23-25(3)5-2/h15-22,25-27H,4-14,23-24H2,1-3H3/t25-,26?,27?/m0/s1. The van der Waals surface area contributed by atoms with E-state index in [1.165, 1.54) is 64.2 Å². The van der Waals surface area contributed by atoms with E-state index in [4.69, 9.17) is 14.2 Å². The molecule has 1 fully saturated rings. The quantitative estimate of drug-likeness (QED) is 0.141. The van der Waals surface area contributed by atoms with Crippen molar-refractivity contribution < 1.29 is 19.0 Å². The zero-order valence-corrected chi connectivity index (χ0v) is 22.7. The molecule has 4 nitrogen and oxygen atoms in total. The van der Waals surface area contributed by atoms with Crippen LogP contribution >= 0.6 is 0 Å². The topological polar surface area (TPSA) is 44.8 Å². The first-order chi connectivity index (χ1) is 17.6. The highest BCUT2D eigenvalue weighted by Gasteiger charge is 2.21. The van der Waals surface area contributed by atoms with Gasteiger partial charge in [-0.25, -0.2) is 4.79 Å². The molecule has 0 aliphatic heterocycles. The van der Waals surface area contributed by atoms with Crippen molar-refractivity contribution in [1.82, 2.24) is 0 Å². The first-order valence-corrected chi connectivity index (χ1v) is 14.2. The lowest BCUT2D eigenvalue weighted by atomic mass is 9.80. The van der Waals surface area contributed by atoms with Crippen LogP contribution in [-0.4, -0.2) is 19.2 Å². The van der Waals surface area contributed by atoms with Gasteiger partial charge in [0, 0.05) is 0 Å². The van der Waals surface area contributed by atoms with Crippen LogP contribution in [0.5, 0.6) is 17.2 Å².